The lowest BCUT2D eigenvalue weighted by Crippen LogP contribution is -2.43. The van der Waals surface area contributed by atoms with Crippen molar-refractivity contribution in [1.29, 1.82) is 0 Å². The monoisotopic (exact) mass is 321 g/mol. The van der Waals surface area contributed by atoms with Crippen molar-refractivity contribution < 1.29 is 15.0 Å². The fraction of sp³-hybridized carbons (Fsp3) is 0.364. The van der Waals surface area contributed by atoms with Crippen molar-refractivity contribution in [1.82, 2.24) is 5.32 Å². The Morgan fingerprint density at radius 2 is 2.24 bits per heavy atom. The molecule has 0 saturated heterocycles. The van der Waals surface area contributed by atoms with E-state index in [1.165, 1.54) is 13.0 Å². The fourth-order valence-corrected chi connectivity index (χ4v) is 1.69. The zero-order valence-electron chi connectivity index (χ0n) is 9.20. The number of aliphatic hydroxyl groups excluding tert-OH is 1. The molecular weight excluding hydrogens is 309 g/mol. The SMILES string of the molecule is CC(O)(CO)CNC(=O)c1cc(Cl)ccc1Br. The number of nitrogens with one attached hydrogen (secondary N) is 1. The van der Waals surface area contributed by atoms with Crippen molar-refractivity contribution in [2.45, 2.75) is 12.5 Å². The van der Waals surface area contributed by atoms with Crippen LogP contribution in [0.25, 0.3) is 0 Å². The molecule has 4 nitrogen and oxygen atoms in total. The van der Waals surface area contributed by atoms with Crippen LogP contribution in [0, 0.1) is 0 Å². The Kier molecular flexibility index (Phi) is 4.94. The second-order valence-corrected chi connectivity index (χ2v) is 5.25. The molecule has 0 saturated carbocycles. The van der Waals surface area contributed by atoms with E-state index in [1.807, 2.05) is 0 Å². The number of hydrogen-bond donors (Lipinski definition) is 3. The van der Waals surface area contributed by atoms with Crippen LogP contribution >= 0.6 is 27.5 Å². The van der Waals surface area contributed by atoms with Crippen LogP contribution in [-0.2, 0) is 0 Å². The van der Waals surface area contributed by atoms with Crippen LogP contribution < -0.4 is 5.32 Å². The minimum atomic E-state index is -1.33. The van der Waals surface area contributed by atoms with Gasteiger partial charge in [0, 0.05) is 16.0 Å². The summed E-state index contributed by atoms with van der Waals surface area (Å²) in [6.07, 6.45) is 0. The smallest absolute Gasteiger partial charge is 0.252 e. The molecule has 0 aliphatic rings. The lowest BCUT2D eigenvalue weighted by Gasteiger charge is -2.20. The van der Waals surface area contributed by atoms with Crippen LogP contribution in [0.4, 0.5) is 0 Å². The molecule has 0 heterocycles. The summed E-state index contributed by atoms with van der Waals surface area (Å²) in [5.41, 5.74) is -0.952. The van der Waals surface area contributed by atoms with E-state index < -0.39 is 12.2 Å². The van der Waals surface area contributed by atoms with Gasteiger partial charge in [0.2, 0.25) is 0 Å². The summed E-state index contributed by atoms with van der Waals surface area (Å²) >= 11 is 9.03. The molecule has 94 valence electrons. The molecule has 1 unspecified atom stereocenters. The molecule has 0 aromatic heterocycles. The molecule has 1 rings (SSSR count). The zero-order chi connectivity index (χ0) is 13.1. The lowest BCUT2D eigenvalue weighted by atomic mass is 10.1. The Morgan fingerprint density at radius 3 is 2.82 bits per heavy atom. The van der Waals surface area contributed by atoms with Crippen LogP contribution in [0.5, 0.6) is 0 Å². The maximum Gasteiger partial charge on any atom is 0.252 e. The van der Waals surface area contributed by atoms with Gasteiger partial charge in [0.25, 0.3) is 5.91 Å². The first-order valence-corrected chi connectivity index (χ1v) is 6.09. The maximum absolute atomic E-state index is 11.8. The molecule has 1 aromatic rings. The van der Waals surface area contributed by atoms with E-state index in [1.54, 1.807) is 12.1 Å². The number of hydrogen-bond acceptors (Lipinski definition) is 3. The van der Waals surface area contributed by atoms with Crippen LogP contribution in [0.1, 0.15) is 17.3 Å². The third-order valence-corrected chi connectivity index (χ3v) is 3.07. The molecule has 0 bridgehead atoms. The predicted octanol–water partition coefficient (Wildman–Crippen LogP) is 1.58. The summed E-state index contributed by atoms with van der Waals surface area (Å²) in [6.45, 7) is 0.964. The van der Waals surface area contributed by atoms with Gasteiger partial charge in [-0.1, -0.05) is 11.6 Å². The minimum absolute atomic E-state index is 0.0404. The van der Waals surface area contributed by atoms with E-state index in [9.17, 15) is 9.90 Å². The molecule has 17 heavy (non-hydrogen) atoms. The zero-order valence-corrected chi connectivity index (χ0v) is 11.5. The molecule has 0 fully saturated rings. The molecule has 1 atom stereocenters. The van der Waals surface area contributed by atoms with Crippen molar-refractivity contribution in [2.75, 3.05) is 13.2 Å². The topological polar surface area (TPSA) is 69.6 Å². The summed E-state index contributed by atoms with van der Waals surface area (Å²) in [4.78, 5) is 11.8. The fourth-order valence-electron chi connectivity index (χ4n) is 1.09. The quantitative estimate of drug-likeness (QED) is 0.788. The van der Waals surface area contributed by atoms with Crippen LogP contribution in [-0.4, -0.2) is 34.9 Å². The highest BCUT2D eigenvalue weighted by atomic mass is 79.9. The van der Waals surface area contributed by atoms with Crippen molar-refractivity contribution >= 4 is 33.4 Å². The largest absolute Gasteiger partial charge is 0.393 e. The highest BCUT2D eigenvalue weighted by Gasteiger charge is 2.20. The number of rotatable bonds is 4. The van der Waals surface area contributed by atoms with E-state index in [-0.39, 0.29) is 12.5 Å². The Balaban J connectivity index is 2.74. The number of carbonyl (C=O) groups excluding carboxylic acids is 1. The Hall–Kier alpha value is -0.620. The summed E-state index contributed by atoms with van der Waals surface area (Å²) in [7, 11) is 0. The van der Waals surface area contributed by atoms with Crippen molar-refractivity contribution in [3.8, 4) is 0 Å². The highest BCUT2D eigenvalue weighted by molar-refractivity contribution is 9.10. The minimum Gasteiger partial charge on any atom is -0.393 e. The molecule has 0 aliphatic heterocycles. The van der Waals surface area contributed by atoms with Gasteiger partial charge < -0.3 is 15.5 Å². The molecular formula is C11H13BrClNO3. The summed E-state index contributed by atoms with van der Waals surface area (Å²) in [5.74, 6) is -0.367. The van der Waals surface area contributed by atoms with Crippen LogP contribution in [0.3, 0.4) is 0 Å². The van der Waals surface area contributed by atoms with Gasteiger partial charge in [-0.15, -0.1) is 0 Å². The molecule has 6 heteroatoms. The van der Waals surface area contributed by atoms with Crippen LogP contribution in [0.15, 0.2) is 22.7 Å². The summed E-state index contributed by atoms with van der Waals surface area (Å²) in [6, 6.07) is 4.85. The van der Waals surface area contributed by atoms with Gasteiger partial charge >= 0.3 is 0 Å². The first kappa shape index (κ1) is 14.4. The van der Waals surface area contributed by atoms with Gasteiger partial charge in [0.1, 0.15) is 5.60 Å². The normalized spacial score (nSPS) is 14.2. The summed E-state index contributed by atoms with van der Waals surface area (Å²) < 4.78 is 0.614. The lowest BCUT2D eigenvalue weighted by molar-refractivity contribution is 0.00319. The number of halogens is 2. The Bertz CT molecular complexity index is 423. The predicted molar refractivity (Wildman–Crippen MR) is 69.2 cm³/mol. The van der Waals surface area contributed by atoms with E-state index in [4.69, 9.17) is 16.7 Å². The van der Waals surface area contributed by atoms with E-state index >= 15 is 0 Å². The molecule has 0 radical (unpaired) electrons. The second-order valence-electron chi connectivity index (χ2n) is 3.96. The van der Waals surface area contributed by atoms with Crippen molar-refractivity contribution in [2.24, 2.45) is 0 Å². The average Bonchev–Trinajstić information content (AvgIpc) is 2.29. The third-order valence-electron chi connectivity index (χ3n) is 2.14. The van der Waals surface area contributed by atoms with Gasteiger partial charge in [-0.3, -0.25) is 4.79 Å². The number of benzene rings is 1. The van der Waals surface area contributed by atoms with E-state index in [2.05, 4.69) is 21.2 Å². The van der Waals surface area contributed by atoms with Crippen molar-refractivity contribution in [3.63, 3.8) is 0 Å². The molecule has 0 spiro atoms. The van der Waals surface area contributed by atoms with Crippen molar-refractivity contribution in [3.05, 3.63) is 33.3 Å². The Labute approximate surface area is 113 Å². The average molecular weight is 323 g/mol. The summed E-state index contributed by atoms with van der Waals surface area (Å²) in [5, 5.41) is 21.4. The van der Waals surface area contributed by atoms with Gasteiger partial charge in [-0.05, 0) is 41.1 Å². The van der Waals surface area contributed by atoms with Gasteiger partial charge in [0.15, 0.2) is 0 Å². The number of amides is 1. The molecule has 1 aromatic carbocycles. The van der Waals surface area contributed by atoms with E-state index in [0.717, 1.165) is 0 Å². The van der Waals surface area contributed by atoms with Gasteiger partial charge in [-0.25, -0.2) is 0 Å². The Morgan fingerprint density at radius 1 is 1.59 bits per heavy atom. The van der Waals surface area contributed by atoms with E-state index in [0.29, 0.717) is 15.1 Å². The molecule has 3 N–H and O–H groups in total. The first-order chi connectivity index (χ1) is 7.85. The highest BCUT2D eigenvalue weighted by Crippen LogP contribution is 2.21. The number of carbonyl (C=O) groups is 1. The first-order valence-electron chi connectivity index (χ1n) is 4.92. The molecule has 1 amide bonds. The number of aliphatic hydroxyl groups is 2. The molecule has 0 aliphatic carbocycles. The third kappa shape index (κ3) is 4.27. The standard InChI is InChI=1S/C11H13BrClNO3/c1-11(17,6-15)5-14-10(16)8-4-7(13)2-3-9(8)12/h2-4,15,17H,5-6H2,1H3,(H,14,16). The maximum atomic E-state index is 11.8. The second kappa shape index (κ2) is 5.82. The van der Waals surface area contributed by atoms with Gasteiger partial charge in [-0.2, -0.15) is 0 Å². The van der Waals surface area contributed by atoms with Gasteiger partial charge in [0.05, 0.1) is 12.2 Å². The van der Waals surface area contributed by atoms with Crippen LogP contribution in [0.2, 0.25) is 5.02 Å².